The quantitative estimate of drug-likeness (QED) is 0.930. The number of methoxy groups -OCH3 is 2. The van der Waals surface area contributed by atoms with Crippen LogP contribution in [0.1, 0.15) is 24.7 Å². The second kappa shape index (κ2) is 6.13. The van der Waals surface area contributed by atoms with E-state index in [0.29, 0.717) is 23.2 Å². The number of aromatic nitrogens is 2. The summed E-state index contributed by atoms with van der Waals surface area (Å²) in [6.07, 6.45) is 2.07. The third-order valence-electron chi connectivity index (χ3n) is 3.77. The van der Waals surface area contributed by atoms with Gasteiger partial charge in [-0.2, -0.15) is 4.98 Å². The first-order valence-corrected chi connectivity index (χ1v) is 7.08. The van der Waals surface area contributed by atoms with Gasteiger partial charge in [0.2, 0.25) is 11.7 Å². The average Bonchev–Trinajstić information content (AvgIpc) is 3.05. The van der Waals surface area contributed by atoms with Gasteiger partial charge >= 0.3 is 0 Å². The Kier molecular flexibility index (Phi) is 4.06. The Morgan fingerprint density at radius 2 is 1.90 bits per heavy atom. The number of piperidine rings is 1. The number of nitrogens with one attached hydrogen (secondary N) is 1. The third-order valence-corrected chi connectivity index (χ3v) is 3.77. The minimum absolute atomic E-state index is 0.354. The van der Waals surface area contributed by atoms with Crippen molar-refractivity contribution in [3.63, 3.8) is 0 Å². The van der Waals surface area contributed by atoms with Crippen LogP contribution in [0, 0.1) is 0 Å². The topological polar surface area (TPSA) is 69.4 Å². The van der Waals surface area contributed by atoms with Crippen LogP contribution in [0.25, 0.3) is 11.4 Å². The van der Waals surface area contributed by atoms with Gasteiger partial charge in [-0.25, -0.2) is 0 Å². The molecular formula is C15H19N3O3. The van der Waals surface area contributed by atoms with Crippen molar-refractivity contribution in [1.82, 2.24) is 15.5 Å². The molecule has 0 atom stereocenters. The highest BCUT2D eigenvalue weighted by atomic mass is 16.5. The largest absolute Gasteiger partial charge is 0.493 e. The molecule has 0 bridgehead atoms. The van der Waals surface area contributed by atoms with Gasteiger partial charge in [0.05, 0.1) is 14.2 Å². The highest BCUT2D eigenvalue weighted by Crippen LogP contribution is 2.32. The fourth-order valence-corrected chi connectivity index (χ4v) is 2.56. The van der Waals surface area contributed by atoms with Gasteiger partial charge in [-0.1, -0.05) is 5.16 Å². The Labute approximate surface area is 123 Å². The summed E-state index contributed by atoms with van der Waals surface area (Å²) in [5.41, 5.74) is 0.858. The van der Waals surface area contributed by atoms with Gasteiger partial charge in [0, 0.05) is 11.5 Å². The first-order chi connectivity index (χ1) is 10.3. The SMILES string of the molecule is COc1ccc(-c2noc(C3CCNCC3)n2)cc1OC. The zero-order valence-electron chi connectivity index (χ0n) is 12.3. The molecule has 0 amide bonds. The molecule has 6 heteroatoms. The number of rotatable bonds is 4. The van der Waals surface area contributed by atoms with Crippen molar-refractivity contribution in [2.75, 3.05) is 27.3 Å². The minimum atomic E-state index is 0.354. The van der Waals surface area contributed by atoms with Crippen LogP contribution >= 0.6 is 0 Å². The van der Waals surface area contributed by atoms with Crippen LogP contribution in [-0.4, -0.2) is 37.4 Å². The van der Waals surface area contributed by atoms with Crippen LogP contribution < -0.4 is 14.8 Å². The Hall–Kier alpha value is -2.08. The van der Waals surface area contributed by atoms with E-state index in [-0.39, 0.29) is 0 Å². The summed E-state index contributed by atoms with van der Waals surface area (Å²) in [7, 11) is 3.22. The molecule has 21 heavy (non-hydrogen) atoms. The van der Waals surface area contributed by atoms with Crippen molar-refractivity contribution in [1.29, 1.82) is 0 Å². The summed E-state index contributed by atoms with van der Waals surface area (Å²) in [6, 6.07) is 5.60. The highest BCUT2D eigenvalue weighted by molar-refractivity contribution is 5.60. The van der Waals surface area contributed by atoms with Gasteiger partial charge in [0.25, 0.3) is 0 Å². The standard InChI is InChI=1S/C15H19N3O3/c1-19-12-4-3-11(9-13(12)20-2)14-17-15(21-18-14)10-5-7-16-8-6-10/h3-4,9-10,16H,5-8H2,1-2H3. The number of hydrogen-bond donors (Lipinski definition) is 1. The van der Waals surface area contributed by atoms with Crippen molar-refractivity contribution < 1.29 is 14.0 Å². The molecule has 1 aliphatic heterocycles. The zero-order chi connectivity index (χ0) is 14.7. The predicted octanol–water partition coefficient (Wildman–Crippen LogP) is 2.22. The van der Waals surface area contributed by atoms with Gasteiger partial charge < -0.3 is 19.3 Å². The van der Waals surface area contributed by atoms with E-state index in [2.05, 4.69) is 15.5 Å². The van der Waals surface area contributed by atoms with Gasteiger partial charge in [0.15, 0.2) is 11.5 Å². The van der Waals surface area contributed by atoms with Crippen LogP contribution in [0.3, 0.4) is 0 Å². The molecule has 112 valence electrons. The molecular weight excluding hydrogens is 270 g/mol. The van der Waals surface area contributed by atoms with Gasteiger partial charge in [0.1, 0.15) is 0 Å². The molecule has 2 aromatic rings. The molecule has 0 spiro atoms. The summed E-state index contributed by atoms with van der Waals surface area (Å²) in [5, 5.41) is 7.42. The smallest absolute Gasteiger partial charge is 0.230 e. The van der Waals surface area contributed by atoms with E-state index in [1.807, 2.05) is 18.2 Å². The summed E-state index contributed by atoms with van der Waals surface area (Å²) in [6.45, 7) is 2.00. The van der Waals surface area contributed by atoms with Crippen LogP contribution in [0.15, 0.2) is 22.7 Å². The molecule has 3 rings (SSSR count). The third kappa shape index (κ3) is 2.85. The maximum Gasteiger partial charge on any atom is 0.230 e. The molecule has 2 heterocycles. The monoisotopic (exact) mass is 289 g/mol. The van der Waals surface area contributed by atoms with Crippen molar-refractivity contribution in [3.8, 4) is 22.9 Å². The van der Waals surface area contributed by atoms with Crippen LogP contribution in [-0.2, 0) is 0 Å². The van der Waals surface area contributed by atoms with E-state index in [1.165, 1.54) is 0 Å². The molecule has 1 aromatic carbocycles. The van der Waals surface area contributed by atoms with Crippen molar-refractivity contribution in [2.45, 2.75) is 18.8 Å². The summed E-state index contributed by atoms with van der Waals surface area (Å²) in [5.74, 6) is 3.00. The van der Waals surface area contributed by atoms with Gasteiger partial charge in [-0.15, -0.1) is 0 Å². The zero-order valence-corrected chi connectivity index (χ0v) is 12.3. The van der Waals surface area contributed by atoms with Gasteiger partial charge in [-0.05, 0) is 44.1 Å². The molecule has 0 aliphatic carbocycles. The molecule has 1 aromatic heterocycles. The van der Waals surface area contributed by atoms with Crippen LogP contribution in [0.5, 0.6) is 11.5 Å². The summed E-state index contributed by atoms with van der Waals surface area (Å²) < 4.78 is 16.0. The molecule has 1 fully saturated rings. The normalized spacial score (nSPS) is 15.9. The Balaban J connectivity index is 1.85. The summed E-state index contributed by atoms with van der Waals surface area (Å²) >= 11 is 0. The molecule has 1 aliphatic rings. The number of nitrogens with zero attached hydrogens (tertiary/aromatic N) is 2. The first kappa shape index (κ1) is 13.9. The lowest BCUT2D eigenvalue weighted by Crippen LogP contribution is -2.26. The molecule has 0 saturated carbocycles. The maximum absolute atomic E-state index is 5.43. The fraction of sp³-hybridized carbons (Fsp3) is 0.467. The number of ether oxygens (including phenoxy) is 2. The van der Waals surface area contributed by atoms with E-state index in [0.717, 1.165) is 37.4 Å². The highest BCUT2D eigenvalue weighted by Gasteiger charge is 2.22. The lowest BCUT2D eigenvalue weighted by Gasteiger charge is -2.18. The second-order valence-electron chi connectivity index (χ2n) is 5.05. The lowest BCUT2D eigenvalue weighted by molar-refractivity contribution is 0.320. The van der Waals surface area contributed by atoms with E-state index in [4.69, 9.17) is 14.0 Å². The Morgan fingerprint density at radius 1 is 1.14 bits per heavy atom. The molecule has 1 saturated heterocycles. The van der Waals surface area contributed by atoms with E-state index in [1.54, 1.807) is 14.2 Å². The van der Waals surface area contributed by atoms with Crippen molar-refractivity contribution in [2.24, 2.45) is 0 Å². The predicted molar refractivity (Wildman–Crippen MR) is 77.7 cm³/mol. The van der Waals surface area contributed by atoms with E-state index < -0.39 is 0 Å². The molecule has 6 nitrogen and oxygen atoms in total. The van der Waals surface area contributed by atoms with Crippen molar-refractivity contribution in [3.05, 3.63) is 24.1 Å². The van der Waals surface area contributed by atoms with Gasteiger partial charge in [-0.3, -0.25) is 0 Å². The van der Waals surface area contributed by atoms with E-state index in [9.17, 15) is 0 Å². The van der Waals surface area contributed by atoms with E-state index >= 15 is 0 Å². The summed E-state index contributed by atoms with van der Waals surface area (Å²) in [4.78, 5) is 4.53. The van der Waals surface area contributed by atoms with Crippen LogP contribution in [0.2, 0.25) is 0 Å². The first-order valence-electron chi connectivity index (χ1n) is 7.08. The maximum atomic E-state index is 5.43. The van der Waals surface area contributed by atoms with Crippen molar-refractivity contribution >= 4 is 0 Å². The second-order valence-corrected chi connectivity index (χ2v) is 5.05. The number of hydrogen-bond acceptors (Lipinski definition) is 6. The minimum Gasteiger partial charge on any atom is -0.493 e. The molecule has 1 N–H and O–H groups in total. The Bertz CT molecular complexity index is 606. The fourth-order valence-electron chi connectivity index (χ4n) is 2.56. The molecule has 0 radical (unpaired) electrons. The average molecular weight is 289 g/mol. The Morgan fingerprint density at radius 3 is 2.62 bits per heavy atom. The number of benzene rings is 1. The molecule has 0 unspecified atom stereocenters. The van der Waals surface area contributed by atoms with Crippen LogP contribution in [0.4, 0.5) is 0 Å². The lowest BCUT2D eigenvalue weighted by atomic mass is 9.98.